The van der Waals surface area contributed by atoms with Crippen LogP contribution in [0.25, 0.3) is 11.0 Å². The summed E-state index contributed by atoms with van der Waals surface area (Å²) in [5.41, 5.74) is 1.91. The molecule has 0 bridgehead atoms. The first-order valence-corrected chi connectivity index (χ1v) is 6.18. The number of H-pyrrole nitrogens is 1. The van der Waals surface area contributed by atoms with E-state index >= 15 is 0 Å². The fourth-order valence-electron chi connectivity index (χ4n) is 1.51. The molecule has 0 unspecified atom stereocenters. The van der Waals surface area contributed by atoms with Crippen molar-refractivity contribution in [3.05, 3.63) is 41.4 Å². The molecule has 0 saturated heterocycles. The highest BCUT2D eigenvalue weighted by atomic mass is 32.1. The summed E-state index contributed by atoms with van der Waals surface area (Å²) in [6, 6.07) is 9.72. The molecule has 0 aliphatic heterocycles. The third kappa shape index (κ3) is 2.04. The van der Waals surface area contributed by atoms with Crippen molar-refractivity contribution in [2.45, 2.75) is 0 Å². The Morgan fingerprint density at radius 2 is 2.18 bits per heavy atom. The van der Waals surface area contributed by atoms with Crippen molar-refractivity contribution in [1.29, 1.82) is 0 Å². The highest BCUT2D eigenvalue weighted by molar-refractivity contribution is 7.81. The Kier molecular flexibility index (Phi) is 2.58. The lowest BCUT2D eigenvalue weighted by Crippen LogP contribution is -2.09. The van der Waals surface area contributed by atoms with Gasteiger partial charge in [0, 0.05) is 6.20 Å². The number of nitrogens with zero attached hydrogens (tertiary/aromatic N) is 2. The molecule has 0 fully saturated rings. The Balaban J connectivity index is 1.88. The van der Waals surface area contributed by atoms with Crippen LogP contribution in [0.2, 0.25) is 0 Å². The lowest BCUT2D eigenvalue weighted by Gasteiger charge is -2.00. The van der Waals surface area contributed by atoms with E-state index < -0.39 is 0 Å². The number of benzene rings is 1. The molecule has 84 valence electrons. The van der Waals surface area contributed by atoms with Crippen LogP contribution in [0.5, 0.6) is 0 Å². The van der Waals surface area contributed by atoms with Crippen LogP contribution in [0.1, 0.15) is 4.88 Å². The fraction of sp³-hybridized carbons (Fsp3) is 0. The first kappa shape index (κ1) is 10.4. The summed E-state index contributed by atoms with van der Waals surface area (Å²) >= 11 is 6.62. The quantitative estimate of drug-likeness (QED) is 0.696. The highest BCUT2D eigenvalue weighted by Crippen LogP contribution is 2.15. The van der Waals surface area contributed by atoms with E-state index in [1.165, 1.54) is 11.5 Å². The second-order valence-corrected chi connectivity index (χ2v) is 4.67. The summed E-state index contributed by atoms with van der Waals surface area (Å²) in [6.07, 6.45) is 1.73. The number of rotatable bonds is 2. The predicted octanol–water partition coefficient (Wildman–Crippen LogP) is 2.81. The van der Waals surface area contributed by atoms with Gasteiger partial charge >= 0.3 is 0 Å². The highest BCUT2D eigenvalue weighted by Gasteiger charge is 2.06. The van der Waals surface area contributed by atoms with Gasteiger partial charge in [0.1, 0.15) is 4.99 Å². The summed E-state index contributed by atoms with van der Waals surface area (Å²) in [5.74, 6) is 0.657. The molecule has 2 aromatic heterocycles. The minimum absolute atomic E-state index is 0.631. The SMILES string of the molecule is S=C(Nc1nc2ccccc2[nH]1)c1ccns1. The summed E-state index contributed by atoms with van der Waals surface area (Å²) in [5, 5.41) is 3.07. The maximum atomic E-state index is 5.26. The molecule has 0 radical (unpaired) electrons. The zero-order valence-corrected chi connectivity index (χ0v) is 10.3. The van der Waals surface area contributed by atoms with E-state index in [2.05, 4.69) is 19.7 Å². The smallest absolute Gasteiger partial charge is 0.206 e. The largest absolute Gasteiger partial charge is 0.324 e. The molecule has 2 N–H and O–H groups in total. The molecular weight excluding hydrogens is 252 g/mol. The van der Waals surface area contributed by atoms with Gasteiger partial charge in [0.05, 0.1) is 15.9 Å². The molecule has 4 nitrogen and oxygen atoms in total. The van der Waals surface area contributed by atoms with Gasteiger partial charge in [-0.15, -0.1) is 0 Å². The minimum atomic E-state index is 0.631. The molecule has 17 heavy (non-hydrogen) atoms. The van der Waals surface area contributed by atoms with Crippen molar-refractivity contribution < 1.29 is 0 Å². The Labute approximate surface area is 107 Å². The Morgan fingerprint density at radius 1 is 1.29 bits per heavy atom. The molecular formula is C11H8N4S2. The van der Waals surface area contributed by atoms with Crippen LogP contribution in [0, 0.1) is 0 Å². The minimum Gasteiger partial charge on any atom is -0.324 e. The van der Waals surface area contributed by atoms with Crippen molar-refractivity contribution in [1.82, 2.24) is 14.3 Å². The van der Waals surface area contributed by atoms with Gasteiger partial charge in [0.25, 0.3) is 0 Å². The molecule has 0 spiro atoms. The van der Waals surface area contributed by atoms with Gasteiger partial charge in [-0.3, -0.25) is 0 Å². The Morgan fingerprint density at radius 3 is 2.94 bits per heavy atom. The predicted molar refractivity (Wildman–Crippen MR) is 73.5 cm³/mol. The number of para-hydroxylation sites is 2. The van der Waals surface area contributed by atoms with Crippen molar-refractivity contribution in [3.8, 4) is 0 Å². The van der Waals surface area contributed by atoms with Crippen LogP contribution in [0.4, 0.5) is 5.95 Å². The molecule has 3 aromatic rings. The fourth-order valence-corrected chi connectivity index (χ4v) is 2.28. The summed E-state index contributed by atoms with van der Waals surface area (Å²) in [7, 11) is 0. The number of thiocarbonyl (C=S) groups is 1. The van der Waals surface area contributed by atoms with Crippen molar-refractivity contribution in [3.63, 3.8) is 0 Å². The van der Waals surface area contributed by atoms with Gasteiger partial charge in [0.15, 0.2) is 0 Å². The van der Waals surface area contributed by atoms with Crippen molar-refractivity contribution in [2.75, 3.05) is 5.32 Å². The average molecular weight is 260 g/mol. The summed E-state index contributed by atoms with van der Waals surface area (Å²) in [4.78, 5) is 9.12. The summed E-state index contributed by atoms with van der Waals surface area (Å²) in [6.45, 7) is 0. The zero-order chi connectivity index (χ0) is 11.7. The van der Waals surface area contributed by atoms with E-state index in [1.54, 1.807) is 6.20 Å². The van der Waals surface area contributed by atoms with Crippen LogP contribution in [-0.4, -0.2) is 19.3 Å². The summed E-state index contributed by atoms with van der Waals surface area (Å²) < 4.78 is 4.01. The van der Waals surface area contributed by atoms with Gasteiger partial charge in [-0.05, 0) is 29.7 Å². The number of fused-ring (bicyclic) bond motifs is 1. The topological polar surface area (TPSA) is 53.6 Å². The van der Waals surface area contributed by atoms with Crippen LogP contribution >= 0.6 is 23.8 Å². The first-order chi connectivity index (χ1) is 8.33. The number of aromatic nitrogens is 3. The molecule has 3 rings (SSSR count). The number of anilines is 1. The number of hydrogen-bond acceptors (Lipinski definition) is 4. The van der Waals surface area contributed by atoms with E-state index in [1.807, 2.05) is 30.3 Å². The second-order valence-electron chi connectivity index (χ2n) is 3.43. The van der Waals surface area contributed by atoms with Crippen LogP contribution < -0.4 is 5.32 Å². The van der Waals surface area contributed by atoms with Gasteiger partial charge in [-0.25, -0.2) is 9.36 Å². The maximum Gasteiger partial charge on any atom is 0.206 e. The van der Waals surface area contributed by atoms with Gasteiger partial charge in [0.2, 0.25) is 5.95 Å². The maximum absolute atomic E-state index is 5.26. The Hall–Kier alpha value is -1.79. The first-order valence-electron chi connectivity index (χ1n) is 5.00. The van der Waals surface area contributed by atoms with Crippen LogP contribution in [-0.2, 0) is 0 Å². The van der Waals surface area contributed by atoms with E-state index in [0.717, 1.165) is 15.9 Å². The molecule has 0 aliphatic rings. The molecule has 0 aliphatic carbocycles. The van der Waals surface area contributed by atoms with Crippen molar-refractivity contribution >= 4 is 45.7 Å². The number of aromatic amines is 1. The molecule has 0 atom stereocenters. The zero-order valence-electron chi connectivity index (χ0n) is 8.68. The lowest BCUT2D eigenvalue weighted by molar-refractivity contribution is 1.34. The molecule has 0 saturated carbocycles. The number of imidazole rings is 1. The van der Waals surface area contributed by atoms with E-state index in [9.17, 15) is 0 Å². The number of hydrogen-bond donors (Lipinski definition) is 2. The van der Waals surface area contributed by atoms with Gasteiger partial charge < -0.3 is 10.3 Å². The second kappa shape index (κ2) is 4.23. The van der Waals surface area contributed by atoms with E-state index in [0.29, 0.717) is 10.9 Å². The number of nitrogens with one attached hydrogen (secondary N) is 2. The Bertz CT molecular complexity index is 624. The lowest BCUT2D eigenvalue weighted by atomic mass is 10.3. The normalized spacial score (nSPS) is 10.6. The van der Waals surface area contributed by atoms with Gasteiger partial charge in [-0.2, -0.15) is 0 Å². The van der Waals surface area contributed by atoms with E-state index in [-0.39, 0.29) is 0 Å². The molecule has 0 amide bonds. The molecule has 1 aromatic carbocycles. The van der Waals surface area contributed by atoms with Gasteiger partial charge in [-0.1, -0.05) is 24.4 Å². The average Bonchev–Trinajstić information content (AvgIpc) is 2.97. The molecule has 6 heteroatoms. The standard InChI is InChI=1S/C11H8N4S2/c16-10(9-5-6-12-17-9)15-11-13-7-3-1-2-4-8(7)14-11/h1-6H,(H2,13,14,15,16). The third-order valence-electron chi connectivity index (χ3n) is 2.28. The monoisotopic (exact) mass is 260 g/mol. The third-order valence-corrected chi connectivity index (χ3v) is 3.50. The molecule has 2 heterocycles. The van der Waals surface area contributed by atoms with Crippen LogP contribution in [0.15, 0.2) is 36.5 Å². The van der Waals surface area contributed by atoms with Crippen LogP contribution in [0.3, 0.4) is 0 Å². The van der Waals surface area contributed by atoms with E-state index in [4.69, 9.17) is 12.2 Å². The van der Waals surface area contributed by atoms with Crippen molar-refractivity contribution in [2.24, 2.45) is 0 Å².